The van der Waals surface area contributed by atoms with E-state index < -0.39 is 0 Å². The average Bonchev–Trinajstić information content (AvgIpc) is 2.39. The number of halogens is 2. The Labute approximate surface area is 130 Å². The number of benzene rings is 2. The number of nitrogens with zero attached hydrogens (tertiary/aromatic N) is 1. The molecule has 0 aliphatic heterocycles. The highest BCUT2D eigenvalue weighted by molar-refractivity contribution is 6.35. The Balaban J connectivity index is 2.12. The summed E-state index contributed by atoms with van der Waals surface area (Å²) in [6.45, 7) is 2.08. The van der Waals surface area contributed by atoms with E-state index in [1.165, 1.54) is 5.69 Å². The van der Waals surface area contributed by atoms with E-state index in [1.807, 2.05) is 26.2 Å². The highest BCUT2D eigenvalue weighted by atomic mass is 35.5. The molecule has 0 bridgehead atoms. The number of rotatable bonds is 4. The molecule has 0 heterocycles. The maximum absolute atomic E-state index is 6.23. The number of nitrogens with one attached hydrogen (secondary N) is 1. The average molecular weight is 309 g/mol. The predicted molar refractivity (Wildman–Crippen MR) is 89.3 cm³/mol. The largest absolute Gasteiger partial charge is 0.378 e. The summed E-state index contributed by atoms with van der Waals surface area (Å²) in [4.78, 5) is 2.07. The highest BCUT2D eigenvalue weighted by Gasteiger charge is 2.10. The van der Waals surface area contributed by atoms with Gasteiger partial charge in [0.05, 0.1) is 0 Å². The Bertz CT molecular complexity index is 580. The van der Waals surface area contributed by atoms with Crippen LogP contribution in [0.1, 0.15) is 18.5 Å². The molecule has 1 N–H and O–H groups in total. The molecule has 1 atom stereocenters. The zero-order valence-electron chi connectivity index (χ0n) is 11.8. The summed E-state index contributed by atoms with van der Waals surface area (Å²) in [6.07, 6.45) is 0. The molecule has 1 unspecified atom stereocenters. The van der Waals surface area contributed by atoms with Crippen LogP contribution in [0.2, 0.25) is 10.0 Å². The molecular formula is C16H18Cl2N2. The lowest BCUT2D eigenvalue weighted by molar-refractivity contribution is 0.885. The van der Waals surface area contributed by atoms with Gasteiger partial charge >= 0.3 is 0 Å². The van der Waals surface area contributed by atoms with Crippen molar-refractivity contribution in [1.29, 1.82) is 0 Å². The fourth-order valence-corrected chi connectivity index (χ4v) is 2.61. The minimum Gasteiger partial charge on any atom is -0.378 e. The monoisotopic (exact) mass is 308 g/mol. The molecule has 0 aliphatic carbocycles. The molecule has 106 valence electrons. The normalized spacial score (nSPS) is 12.1. The van der Waals surface area contributed by atoms with E-state index in [4.69, 9.17) is 23.2 Å². The van der Waals surface area contributed by atoms with Gasteiger partial charge in [0.15, 0.2) is 0 Å². The first-order valence-corrected chi connectivity index (χ1v) is 7.22. The third-order valence-corrected chi connectivity index (χ3v) is 3.76. The molecule has 0 aromatic heterocycles. The summed E-state index contributed by atoms with van der Waals surface area (Å²) in [5.41, 5.74) is 3.27. The van der Waals surface area contributed by atoms with Crippen LogP contribution in [-0.4, -0.2) is 14.1 Å². The van der Waals surface area contributed by atoms with Gasteiger partial charge in [-0.15, -0.1) is 0 Å². The second kappa shape index (κ2) is 6.38. The van der Waals surface area contributed by atoms with Gasteiger partial charge in [0.2, 0.25) is 0 Å². The molecule has 2 rings (SSSR count). The Kier molecular flexibility index (Phi) is 4.79. The molecule has 20 heavy (non-hydrogen) atoms. The maximum atomic E-state index is 6.23. The van der Waals surface area contributed by atoms with Gasteiger partial charge in [-0.05, 0) is 48.9 Å². The topological polar surface area (TPSA) is 15.3 Å². The van der Waals surface area contributed by atoms with Crippen LogP contribution in [0.15, 0.2) is 42.5 Å². The third kappa shape index (κ3) is 3.59. The fourth-order valence-electron chi connectivity index (χ4n) is 2.04. The van der Waals surface area contributed by atoms with Gasteiger partial charge < -0.3 is 10.2 Å². The smallest absolute Gasteiger partial charge is 0.0500 e. The van der Waals surface area contributed by atoms with Crippen molar-refractivity contribution in [3.8, 4) is 0 Å². The summed E-state index contributed by atoms with van der Waals surface area (Å²) in [6, 6.07) is 14.0. The van der Waals surface area contributed by atoms with Gasteiger partial charge in [-0.3, -0.25) is 0 Å². The van der Waals surface area contributed by atoms with Crippen LogP contribution in [0.4, 0.5) is 11.4 Å². The molecular weight excluding hydrogens is 291 g/mol. The van der Waals surface area contributed by atoms with Crippen molar-refractivity contribution in [2.24, 2.45) is 0 Å². The Morgan fingerprint density at radius 2 is 1.65 bits per heavy atom. The molecule has 0 saturated carbocycles. The van der Waals surface area contributed by atoms with E-state index in [0.29, 0.717) is 10.0 Å². The van der Waals surface area contributed by atoms with Gasteiger partial charge in [0, 0.05) is 41.6 Å². The lowest BCUT2D eigenvalue weighted by Crippen LogP contribution is -2.09. The molecule has 0 fully saturated rings. The second-order valence-corrected chi connectivity index (χ2v) is 5.82. The van der Waals surface area contributed by atoms with Crippen LogP contribution < -0.4 is 10.2 Å². The summed E-state index contributed by atoms with van der Waals surface area (Å²) < 4.78 is 0. The minimum atomic E-state index is 0.116. The summed E-state index contributed by atoms with van der Waals surface area (Å²) in [7, 11) is 4.05. The van der Waals surface area contributed by atoms with Crippen molar-refractivity contribution < 1.29 is 0 Å². The number of hydrogen-bond donors (Lipinski definition) is 1. The Morgan fingerprint density at radius 3 is 2.20 bits per heavy atom. The van der Waals surface area contributed by atoms with Crippen LogP contribution >= 0.6 is 23.2 Å². The quantitative estimate of drug-likeness (QED) is 0.831. The Hall–Kier alpha value is -1.38. The van der Waals surface area contributed by atoms with E-state index in [-0.39, 0.29) is 6.04 Å². The first kappa shape index (κ1) is 15.0. The van der Waals surface area contributed by atoms with Crippen LogP contribution in [0.5, 0.6) is 0 Å². The molecule has 2 nitrogen and oxygen atoms in total. The minimum absolute atomic E-state index is 0.116. The van der Waals surface area contributed by atoms with E-state index in [0.717, 1.165) is 11.3 Å². The summed E-state index contributed by atoms with van der Waals surface area (Å²) in [5.74, 6) is 0. The van der Waals surface area contributed by atoms with Crippen LogP contribution in [0.3, 0.4) is 0 Å². The number of hydrogen-bond acceptors (Lipinski definition) is 2. The summed E-state index contributed by atoms with van der Waals surface area (Å²) >= 11 is 12.1. The third-order valence-electron chi connectivity index (χ3n) is 3.20. The molecule has 2 aromatic carbocycles. The van der Waals surface area contributed by atoms with Gasteiger partial charge in [-0.25, -0.2) is 0 Å². The molecule has 0 radical (unpaired) electrons. The van der Waals surface area contributed by atoms with Gasteiger partial charge in [0.1, 0.15) is 0 Å². The molecule has 0 aliphatic rings. The summed E-state index contributed by atoms with van der Waals surface area (Å²) in [5, 5.41) is 4.78. The lowest BCUT2D eigenvalue weighted by atomic mass is 10.1. The lowest BCUT2D eigenvalue weighted by Gasteiger charge is -2.18. The molecule has 0 spiro atoms. The second-order valence-electron chi connectivity index (χ2n) is 4.97. The van der Waals surface area contributed by atoms with E-state index in [1.54, 1.807) is 6.07 Å². The van der Waals surface area contributed by atoms with E-state index in [2.05, 4.69) is 41.4 Å². The maximum Gasteiger partial charge on any atom is 0.0500 e. The van der Waals surface area contributed by atoms with Gasteiger partial charge in [0.25, 0.3) is 0 Å². The zero-order chi connectivity index (χ0) is 14.7. The van der Waals surface area contributed by atoms with Gasteiger partial charge in [-0.2, -0.15) is 0 Å². The molecule has 0 saturated heterocycles. The first-order chi connectivity index (χ1) is 9.47. The highest BCUT2D eigenvalue weighted by Crippen LogP contribution is 2.28. The van der Waals surface area contributed by atoms with Crippen LogP contribution in [0, 0.1) is 0 Å². The predicted octanol–water partition coefficient (Wildman–Crippen LogP) is 5.23. The van der Waals surface area contributed by atoms with Crippen molar-refractivity contribution >= 4 is 34.6 Å². The van der Waals surface area contributed by atoms with Crippen molar-refractivity contribution in [3.63, 3.8) is 0 Å². The van der Waals surface area contributed by atoms with Crippen molar-refractivity contribution in [2.45, 2.75) is 13.0 Å². The number of anilines is 2. The zero-order valence-corrected chi connectivity index (χ0v) is 13.3. The molecule has 2 aromatic rings. The van der Waals surface area contributed by atoms with Crippen LogP contribution in [-0.2, 0) is 0 Å². The Morgan fingerprint density at radius 1 is 1.00 bits per heavy atom. The fraction of sp³-hybridized carbons (Fsp3) is 0.250. The first-order valence-electron chi connectivity index (χ1n) is 6.46. The van der Waals surface area contributed by atoms with Crippen LogP contribution in [0.25, 0.3) is 0 Å². The molecule has 4 heteroatoms. The van der Waals surface area contributed by atoms with Crippen molar-refractivity contribution in [3.05, 3.63) is 58.1 Å². The van der Waals surface area contributed by atoms with Gasteiger partial charge in [-0.1, -0.05) is 29.3 Å². The molecule has 0 amide bonds. The van der Waals surface area contributed by atoms with Crippen molar-refractivity contribution in [2.75, 3.05) is 24.3 Å². The van der Waals surface area contributed by atoms with E-state index >= 15 is 0 Å². The standard InChI is InChI=1S/C16H18Cl2N2/c1-11(15-9-4-12(17)10-16(15)18)19-13-5-7-14(8-6-13)20(2)3/h4-11,19H,1-3H3. The van der Waals surface area contributed by atoms with E-state index in [9.17, 15) is 0 Å². The van der Waals surface area contributed by atoms with Crippen molar-refractivity contribution in [1.82, 2.24) is 0 Å². The SMILES string of the molecule is CC(Nc1ccc(N(C)C)cc1)c1ccc(Cl)cc1Cl.